The first kappa shape index (κ1) is 90.4. The molecule has 0 unspecified atom stereocenters. The molecule has 0 atom stereocenters. The van der Waals surface area contributed by atoms with Gasteiger partial charge in [-0.1, -0.05) is 310 Å². The van der Waals surface area contributed by atoms with E-state index in [9.17, 15) is 39.6 Å². The maximum absolute atomic E-state index is 10.2. The van der Waals surface area contributed by atoms with Crippen LogP contribution in [0.2, 0.25) is 0 Å². The van der Waals surface area contributed by atoms with Crippen molar-refractivity contribution in [2.45, 2.75) is 362 Å². The zero-order valence-electron chi connectivity index (χ0n) is 50.0. The number of carboxylic acids is 4. The molecule has 0 N–H and O–H groups in total. The number of rotatable bonds is 52. The van der Waals surface area contributed by atoms with E-state index in [1.807, 2.05) is 0 Å². The molecule has 72 heavy (non-hydrogen) atoms. The smallest absolute Gasteiger partial charge is 0.550 e. The van der Waals surface area contributed by atoms with Gasteiger partial charge in [0.25, 0.3) is 0 Å². The van der Waals surface area contributed by atoms with E-state index in [1.165, 1.54) is 257 Å². The van der Waals surface area contributed by atoms with E-state index in [0.29, 0.717) is 0 Å². The van der Waals surface area contributed by atoms with Crippen molar-refractivity contribution in [3.05, 3.63) is 0 Å². The van der Waals surface area contributed by atoms with Gasteiger partial charge in [-0.25, -0.2) is 0 Å². The third kappa shape index (κ3) is 108. The van der Waals surface area contributed by atoms with Gasteiger partial charge in [0.1, 0.15) is 0 Å². The van der Waals surface area contributed by atoms with Crippen molar-refractivity contribution in [2.75, 3.05) is 0 Å². The third-order valence-corrected chi connectivity index (χ3v) is 12.9. The minimum Gasteiger partial charge on any atom is -0.550 e. The molecular weight excluding hydrogens is 941 g/mol. The largest absolute Gasteiger partial charge is 1.00 e. The Morgan fingerprint density at radius 2 is 0.264 bits per heavy atom. The van der Waals surface area contributed by atoms with E-state index in [2.05, 4.69) is 27.7 Å². The second-order valence-electron chi connectivity index (χ2n) is 20.0. The van der Waals surface area contributed by atoms with Crippen LogP contribution in [0.25, 0.3) is 0 Å². The summed E-state index contributed by atoms with van der Waals surface area (Å²) in [5.74, 6) is -3.62. The Morgan fingerprint density at radius 1 is 0.181 bits per heavy atom. The Balaban J connectivity index is -0.000000125. The van der Waals surface area contributed by atoms with E-state index in [-0.39, 0.29) is 144 Å². The number of aliphatic carboxylic acids is 4. The van der Waals surface area contributed by atoms with E-state index in [1.54, 1.807) is 0 Å². The maximum atomic E-state index is 10.2. The van der Waals surface area contributed by atoms with Gasteiger partial charge >= 0.3 is 118 Å². The van der Waals surface area contributed by atoms with Crippen LogP contribution < -0.4 is 139 Å². The number of carbonyl (C=O) groups excluding carboxylic acids is 4. The molecular formula is C60H116Na4O8. The molecule has 0 saturated heterocycles. The molecule has 0 aliphatic rings. The number of carboxylic acid groups (broad SMARTS) is 4. The molecule has 0 aromatic rings. The molecule has 0 bridgehead atoms. The maximum Gasteiger partial charge on any atom is 1.00 e. The van der Waals surface area contributed by atoms with Gasteiger partial charge in [-0.15, -0.1) is 0 Å². The Bertz CT molecular complexity index is 992. The van der Waals surface area contributed by atoms with Gasteiger partial charge < -0.3 is 39.6 Å². The van der Waals surface area contributed by atoms with Crippen LogP contribution in [0, 0.1) is 0 Å². The molecule has 8 nitrogen and oxygen atoms in total. The summed E-state index contributed by atoms with van der Waals surface area (Å²) in [4.78, 5) is 40.7. The Labute approximate surface area is 537 Å². The van der Waals surface area contributed by atoms with Crippen LogP contribution in [0.1, 0.15) is 362 Å². The second-order valence-corrected chi connectivity index (χ2v) is 20.0. The SMILES string of the molecule is CCCCCCCCCCCC(=O)[O-].CCCCCCCCCCCCCC(=O)[O-].CCCCCCCCCCCCCCCC(=O)[O-].CCCCCCCCCCCCCCCCCC(=O)[O-].[Na+].[Na+].[Na+].[Na+]. The minimum absolute atomic E-state index is 0. The third-order valence-electron chi connectivity index (χ3n) is 12.9. The zero-order valence-corrected chi connectivity index (χ0v) is 58.0. The first-order chi connectivity index (χ1) is 33.1. The molecule has 0 aromatic carbocycles. The molecule has 408 valence electrons. The summed E-state index contributed by atoms with van der Waals surface area (Å²) in [6, 6.07) is 0. The topological polar surface area (TPSA) is 161 Å². The second kappa shape index (κ2) is 86.8. The predicted octanol–water partition coefficient (Wildman–Crippen LogP) is 3.33. The van der Waals surface area contributed by atoms with Crippen molar-refractivity contribution in [1.82, 2.24) is 0 Å². The molecule has 0 amide bonds. The fourth-order valence-electron chi connectivity index (χ4n) is 8.44. The molecule has 0 aromatic heterocycles. The van der Waals surface area contributed by atoms with Crippen LogP contribution in [0.4, 0.5) is 0 Å². The molecule has 0 aliphatic heterocycles. The fraction of sp³-hybridized carbons (Fsp3) is 0.933. The summed E-state index contributed by atoms with van der Waals surface area (Å²) >= 11 is 0. The van der Waals surface area contributed by atoms with Gasteiger partial charge in [0.15, 0.2) is 0 Å². The van der Waals surface area contributed by atoms with Gasteiger partial charge in [-0.05, 0) is 51.4 Å². The van der Waals surface area contributed by atoms with Gasteiger partial charge in [-0.2, -0.15) is 0 Å². The predicted molar refractivity (Wildman–Crippen MR) is 283 cm³/mol. The summed E-state index contributed by atoms with van der Waals surface area (Å²) in [5.41, 5.74) is 0. The van der Waals surface area contributed by atoms with Crippen LogP contribution in [-0.2, 0) is 19.2 Å². The van der Waals surface area contributed by atoms with Crippen LogP contribution in [-0.4, -0.2) is 23.9 Å². The van der Waals surface area contributed by atoms with Crippen molar-refractivity contribution < 1.29 is 158 Å². The summed E-state index contributed by atoms with van der Waals surface area (Å²) < 4.78 is 0. The number of hydrogen-bond acceptors (Lipinski definition) is 8. The standard InChI is InChI=1S/C18H36O2.C16H32O2.C14H28O2.C12H24O2.4Na/c1-2-3-4-5-6-7-8-9-10-11-12-13-14-15-16-17-18(19)20;1-2-3-4-5-6-7-8-9-10-11-12-13-14-15-16(17)18;1-2-3-4-5-6-7-8-9-10-11-12-13-14(15)16;1-2-3-4-5-6-7-8-9-10-11-12(13)14;;;;/h2-17H2,1H3,(H,19,20);2-15H2,1H3,(H,17,18);2-13H2,1H3,(H,15,16);2-11H2,1H3,(H,13,14);;;;/q;;;;4*+1/p-4. The van der Waals surface area contributed by atoms with Crippen molar-refractivity contribution in [3.63, 3.8) is 0 Å². The average molecular weight is 1060 g/mol. The number of hydrogen-bond donors (Lipinski definition) is 0. The number of unbranched alkanes of at least 4 members (excludes halogenated alkanes) is 44. The molecule has 0 radical (unpaired) electrons. The molecule has 0 spiro atoms. The van der Waals surface area contributed by atoms with E-state index in [4.69, 9.17) is 0 Å². The summed E-state index contributed by atoms with van der Waals surface area (Å²) in [6.45, 7) is 8.99. The number of carbonyl (C=O) groups is 4. The first-order valence-corrected chi connectivity index (χ1v) is 29.9. The van der Waals surface area contributed by atoms with Gasteiger partial charge in [0.05, 0.1) is 0 Å². The monoisotopic (exact) mass is 1060 g/mol. The van der Waals surface area contributed by atoms with Gasteiger partial charge in [-0.3, -0.25) is 0 Å². The summed E-state index contributed by atoms with van der Waals surface area (Å²) in [5, 5.41) is 40.7. The first-order valence-electron chi connectivity index (χ1n) is 29.9. The molecule has 0 rings (SSSR count). The Morgan fingerprint density at radius 3 is 0.347 bits per heavy atom. The zero-order chi connectivity index (χ0) is 51.1. The molecule has 0 saturated carbocycles. The van der Waals surface area contributed by atoms with E-state index >= 15 is 0 Å². The molecule has 0 heterocycles. The van der Waals surface area contributed by atoms with Crippen molar-refractivity contribution >= 4 is 23.9 Å². The van der Waals surface area contributed by atoms with Crippen LogP contribution in [0.5, 0.6) is 0 Å². The van der Waals surface area contributed by atoms with Gasteiger partial charge in [0.2, 0.25) is 0 Å². The van der Waals surface area contributed by atoms with E-state index in [0.717, 1.165) is 51.4 Å². The normalized spacial score (nSPS) is 10.1. The van der Waals surface area contributed by atoms with Crippen molar-refractivity contribution in [2.24, 2.45) is 0 Å². The Hall–Kier alpha value is 1.88. The van der Waals surface area contributed by atoms with Crippen LogP contribution in [0.3, 0.4) is 0 Å². The Kier molecular flexibility index (Phi) is 109. The quantitative estimate of drug-likeness (QED) is 0.0663. The summed E-state index contributed by atoms with van der Waals surface area (Å²) in [6.07, 6.45) is 62.0. The van der Waals surface area contributed by atoms with Crippen LogP contribution >= 0.6 is 0 Å². The van der Waals surface area contributed by atoms with Gasteiger partial charge in [0, 0.05) is 23.9 Å². The molecule has 0 fully saturated rings. The van der Waals surface area contributed by atoms with Crippen molar-refractivity contribution in [3.8, 4) is 0 Å². The minimum atomic E-state index is -0.909. The van der Waals surface area contributed by atoms with Crippen LogP contribution in [0.15, 0.2) is 0 Å². The van der Waals surface area contributed by atoms with E-state index < -0.39 is 23.9 Å². The summed E-state index contributed by atoms with van der Waals surface area (Å²) in [7, 11) is 0. The average Bonchev–Trinajstić information content (AvgIpc) is 3.30. The molecule has 12 heteroatoms. The fourth-order valence-corrected chi connectivity index (χ4v) is 8.44. The van der Waals surface area contributed by atoms with Crippen molar-refractivity contribution in [1.29, 1.82) is 0 Å². The molecule has 0 aliphatic carbocycles.